The topological polar surface area (TPSA) is 58.6 Å². The van der Waals surface area contributed by atoms with Gasteiger partial charge in [0.2, 0.25) is 10.0 Å². The number of nitrogens with zero attached hydrogens (tertiary/aromatic N) is 1. The highest BCUT2D eigenvalue weighted by atomic mass is 32.2. The van der Waals surface area contributed by atoms with Crippen molar-refractivity contribution >= 4 is 15.7 Å². The molecule has 0 bridgehead atoms. The standard InChI is InChI=1S/C21H28N2O3S/c1-23(19-11-4-3-5-12-19)14-8-13-22-27(24,25)21-16-18-10-7-6-9-17(18)15-20(21)26-2/h3-5,11-12,15-16,22H,6-10,13-14H2,1-2H3. The predicted octanol–water partition coefficient (Wildman–Crippen LogP) is 3.38. The molecular weight excluding hydrogens is 360 g/mol. The van der Waals surface area contributed by atoms with Crippen molar-refractivity contribution in [3.05, 3.63) is 53.6 Å². The second-order valence-electron chi connectivity index (χ2n) is 6.99. The first kappa shape index (κ1) is 19.7. The molecule has 2 aromatic carbocycles. The van der Waals surface area contributed by atoms with Gasteiger partial charge in [0.05, 0.1) is 7.11 Å². The zero-order valence-electron chi connectivity index (χ0n) is 16.1. The molecule has 1 N–H and O–H groups in total. The molecule has 0 atom stereocenters. The van der Waals surface area contributed by atoms with E-state index < -0.39 is 10.0 Å². The molecule has 0 fully saturated rings. The summed E-state index contributed by atoms with van der Waals surface area (Å²) in [5.74, 6) is 0.435. The number of nitrogens with one attached hydrogen (secondary N) is 1. The largest absolute Gasteiger partial charge is 0.495 e. The van der Waals surface area contributed by atoms with Crippen LogP contribution in [0.2, 0.25) is 0 Å². The molecule has 3 rings (SSSR count). The van der Waals surface area contributed by atoms with Gasteiger partial charge in [-0.3, -0.25) is 0 Å². The van der Waals surface area contributed by atoms with E-state index in [1.165, 1.54) is 12.7 Å². The molecule has 6 heteroatoms. The van der Waals surface area contributed by atoms with E-state index in [0.717, 1.165) is 49.9 Å². The molecule has 0 spiro atoms. The van der Waals surface area contributed by atoms with E-state index in [2.05, 4.69) is 9.62 Å². The summed E-state index contributed by atoms with van der Waals surface area (Å²) in [5, 5.41) is 0. The fraction of sp³-hybridized carbons (Fsp3) is 0.429. The molecule has 1 aliphatic rings. The number of anilines is 1. The second-order valence-corrected chi connectivity index (χ2v) is 8.72. The van der Waals surface area contributed by atoms with E-state index in [4.69, 9.17) is 4.74 Å². The minimum absolute atomic E-state index is 0.252. The van der Waals surface area contributed by atoms with E-state index in [0.29, 0.717) is 12.3 Å². The van der Waals surface area contributed by atoms with Crippen molar-refractivity contribution in [3.63, 3.8) is 0 Å². The summed E-state index contributed by atoms with van der Waals surface area (Å²) in [6.07, 6.45) is 4.90. The highest BCUT2D eigenvalue weighted by molar-refractivity contribution is 7.89. The highest BCUT2D eigenvalue weighted by Gasteiger charge is 2.22. The Labute approximate surface area is 162 Å². The van der Waals surface area contributed by atoms with Crippen LogP contribution in [0, 0.1) is 0 Å². The quantitative estimate of drug-likeness (QED) is 0.705. The Kier molecular flexibility index (Phi) is 6.39. The Morgan fingerprint density at radius 2 is 1.74 bits per heavy atom. The molecule has 0 unspecified atom stereocenters. The summed E-state index contributed by atoms with van der Waals surface area (Å²) < 4.78 is 33.7. The third-order valence-corrected chi connectivity index (χ3v) is 6.56. The summed E-state index contributed by atoms with van der Waals surface area (Å²) in [6, 6.07) is 13.8. The number of benzene rings is 2. The van der Waals surface area contributed by atoms with Crippen molar-refractivity contribution in [1.29, 1.82) is 0 Å². The minimum Gasteiger partial charge on any atom is -0.495 e. The number of para-hydroxylation sites is 1. The molecule has 0 aliphatic heterocycles. The van der Waals surface area contributed by atoms with Crippen molar-refractivity contribution in [2.45, 2.75) is 37.0 Å². The van der Waals surface area contributed by atoms with Gasteiger partial charge in [0.1, 0.15) is 10.6 Å². The Bertz CT molecular complexity index is 866. The van der Waals surface area contributed by atoms with Crippen LogP contribution in [-0.2, 0) is 22.9 Å². The lowest BCUT2D eigenvalue weighted by atomic mass is 9.92. The van der Waals surface area contributed by atoms with Crippen molar-refractivity contribution in [3.8, 4) is 5.75 Å². The van der Waals surface area contributed by atoms with E-state index in [9.17, 15) is 8.42 Å². The highest BCUT2D eigenvalue weighted by Crippen LogP contribution is 2.31. The SMILES string of the molecule is COc1cc2c(cc1S(=O)(=O)NCCCN(C)c1ccccc1)CCCC2. The Balaban J connectivity index is 1.63. The molecule has 27 heavy (non-hydrogen) atoms. The van der Waals surface area contributed by atoms with E-state index in [1.54, 1.807) is 6.07 Å². The lowest BCUT2D eigenvalue weighted by Crippen LogP contribution is -2.28. The number of ether oxygens (including phenoxy) is 1. The Morgan fingerprint density at radius 1 is 1.07 bits per heavy atom. The second kappa shape index (κ2) is 8.76. The van der Waals surface area contributed by atoms with Crippen molar-refractivity contribution in [2.75, 3.05) is 32.1 Å². The van der Waals surface area contributed by atoms with Gasteiger partial charge in [0, 0.05) is 25.8 Å². The molecule has 0 saturated carbocycles. The molecule has 1 aliphatic carbocycles. The first-order chi connectivity index (χ1) is 13.0. The van der Waals surface area contributed by atoms with Gasteiger partial charge in [0.25, 0.3) is 0 Å². The van der Waals surface area contributed by atoms with E-state index in [1.807, 2.05) is 43.4 Å². The Morgan fingerprint density at radius 3 is 2.41 bits per heavy atom. The third-order valence-electron chi connectivity index (χ3n) is 5.08. The molecule has 2 aromatic rings. The fourth-order valence-corrected chi connectivity index (χ4v) is 4.80. The molecular formula is C21H28N2O3S. The van der Waals surface area contributed by atoms with Crippen molar-refractivity contribution < 1.29 is 13.2 Å². The third kappa shape index (κ3) is 4.82. The van der Waals surface area contributed by atoms with Gasteiger partial charge in [-0.2, -0.15) is 0 Å². The maximum Gasteiger partial charge on any atom is 0.244 e. The van der Waals surface area contributed by atoms with Crippen LogP contribution in [-0.4, -0.2) is 35.7 Å². The number of hydrogen-bond donors (Lipinski definition) is 1. The summed E-state index contributed by atoms with van der Waals surface area (Å²) in [5.41, 5.74) is 3.46. The van der Waals surface area contributed by atoms with Gasteiger partial charge in [0.15, 0.2) is 0 Å². The van der Waals surface area contributed by atoms with Gasteiger partial charge in [-0.25, -0.2) is 13.1 Å². The van der Waals surface area contributed by atoms with Gasteiger partial charge >= 0.3 is 0 Å². The first-order valence-corrected chi connectivity index (χ1v) is 11.0. The number of sulfonamides is 1. The number of fused-ring (bicyclic) bond motifs is 1. The van der Waals surface area contributed by atoms with E-state index >= 15 is 0 Å². The van der Waals surface area contributed by atoms with Crippen LogP contribution in [0.5, 0.6) is 5.75 Å². The molecule has 0 amide bonds. The fourth-order valence-electron chi connectivity index (χ4n) is 3.52. The Hall–Kier alpha value is -2.05. The summed E-state index contributed by atoms with van der Waals surface area (Å²) in [6.45, 7) is 1.16. The molecule has 5 nitrogen and oxygen atoms in total. The van der Waals surface area contributed by atoms with Gasteiger partial charge in [-0.1, -0.05) is 18.2 Å². The smallest absolute Gasteiger partial charge is 0.244 e. The zero-order chi connectivity index (χ0) is 19.3. The summed E-state index contributed by atoms with van der Waals surface area (Å²) >= 11 is 0. The molecule has 0 saturated heterocycles. The maximum absolute atomic E-state index is 12.8. The normalized spacial score (nSPS) is 13.9. The molecule has 0 heterocycles. The number of hydrogen-bond acceptors (Lipinski definition) is 4. The molecule has 0 aromatic heterocycles. The monoisotopic (exact) mass is 388 g/mol. The molecule has 0 radical (unpaired) electrons. The number of methoxy groups -OCH3 is 1. The van der Waals surface area contributed by atoms with Gasteiger partial charge < -0.3 is 9.64 Å². The summed E-state index contributed by atoms with van der Waals surface area (Å²) in [4.78, 5) is 2.37. The van der Waals surface area contributed by atoms with E-state index in [-0.39, 0.29) is 4.90 Å². The van der Waals surface area contributed by atoms with Crippen LogP contribution in [0.1, 0.15) is 30.4 Å². The number of aryl methyl sites for hydroxylation is 2. The minimum atomic E-state index is -3.59. The van der Waals surface area contributed by atoms with Crippen LogP contribution < -0.4 is 14.4 Å². The average molecular weight is 389 g/mol. The maximum atomic E-state index is 12.8. The number of rotatable bonds is 8. The van der Waals surface area contributed by atoms with Crippen molar-refractivity contribution in [2.24, 2.45) is 0 Å². The predicted molar refractivity (Wildman–Crippen MR) is 109 cm³/mol. The zero-order valence-corrected chi connectivity index (χ0v) is 16.9. The average Bonchev–Trinajstić information content (AvgIpc) is 2.70. The van der Waals surface area contributed by atoms with Crippen LogP contribution >= 0.6 is 0 Å². The van der Waals surface area contributed by atoms with Crippen LogP contribution in [0.15, 0.2) is 47.4 Å². The first-order valence-electron chi connectivity index (χ1n) is 9.47. The van der Waals surface area contributed by atoms with Gasteiger partial charge in [-0.05, 0) is 67.5 Å². The van der Waals surface area contributed by atoms with Crippen LogP contribution in [0.3, 0.4) is 0 Å². The lowest BCUT2D eigenvalue weighted by molar-refractivity contribution is 0.401. The molecule has 146 valence electrons. The van der Waals surface area contributed by atoms with Crippen molar-refractivity contribution in [1.82, 2.24) is 4.72 Å². The lowest BCUT2D eigenvalue weighted by Gasteiger charge is -2.20. The van der Waals surface area contributed by atoms with Crippen LogP contribution in [0.25, 0.3) is 0 Å². The van der Waals surface area contributed by atoms with Crippen LogP contribution in [0.4, 0.5) is 5.69 Å². The van der Waals surface area contributed by atoms with Gasteiger partial charge in [-0.15, -0.1) is 0 Å². The summed E-state index contributed by atoms with van der Waals surface area (Å²) in [7, 11) is -0.0562.